The van der Waals surface area contributed by atoms with Crippen LogP contribution in [0.3, 0.4) is 0 Å². The Labute approximate surface area is 106 Å². The number of aromatic nitrogens is 1. The number of hydrogen-bond acceptors (Lipinski definition) is 2. The summed E-state index contributed by atoms with van der Waals surface area (Å²) in [5, 5.41) is 9.86. The third kappa shape index (κ3) is 2.28. The molecule has 0 saturated heterocycles. The Morgan fingerprint density at radius 3 is 2.94 bits per heavy atom. The molecule has 18 heavy (non-hydrogen) atoms. The first-order valence-corrected chi connectivity index (χ1v) is 6.31. The van der Waals surface area contributed by atoms with E-state index in [2.05, 4.69) is 18.0 Å². The quantitative estimate of drug-likeness (QED) is 0.638. The van der Waals surface area contributed by atoms with Crippen LogP contribution >= 0.6 is 0 Å². The van der Waals surface area contributed by atoms with Crippen molar-refractivity contribution < 1.29 is 4.79 Å². The van der Waals surface area contributed by atoms with Crippen molar-refractivity contribution in [3.8, 4) is 6.07 Å². The van der Waals surface area contributed by atoms with Gasteiger partial charge in [-0.05, 0) is 18.6 Å². The summed E-state index contributed by atoms with van der Waals surface area (Å²) < 4.78 is 0. The fraction of sp³-hybridized carbons (Fsp3) is 0.333. The number of carbonyl (C=O) groups excluding carboxylic acids is 1. The average molecular weight is 240 g/mol. The number of nitrogens with one attached hydrogen (secondary N) is 1. The van der Waals surface area contributed by atoms with Gasteiger partial charge in [0.2, 0.25) is 0 Å². The zero-order valence-corrected chi connectivity index (χ0v) is 10.5. The van der Waals surface area contributed by atoms with Gasteiger partial charge in [-0.2, -0.15) is 5.26 Å². The smallest absolute Gasteiger partial charge is 0.165 e. The van der Waals surface area contributed by atoms with Gasteiger partial charge in [0.15, 0.2) is 5.78 Å². The van der Waals surface area contributed by atoms with Crippen LogP contribution in [0.25, 0.3) is 10.9 Å². The molecule has 1 aromatic carbocycles. The van der Waals surface area contributed by atoms with E-state index in [1.54, 1.807) is 12.3 Å². The van der Waals surface area contributed by atoms with Crippen LogP contribution in [0.15, 0.2) is 24.4 Å². The van der Waals surface area contributed by atoms with E-state index in [4.69, 9.17) is 5.26 Å². The minimum Gasteiger partial charge on any atom is -0.360 e. The van der Waals surface area contributed by atoms with Crippen molar-refractivity contribution in [2.45, 2.75) is 32.6 Å². The molecule has 0 radical (unpaired) electrons. The maximum atomic E-state index is 12.1. The number of carbonyl (C=O) groups is 1. The van der Waals surface area contributed by atoms with Crippen LogP contribution < -0.4 is 0 Å². The number of fused-ring (bicyclic) bond motifs is 1. The second-order valence-corrected chi connectivity index (χ2v) is 4.42. The molecule has 2 aromatic rings. The molecule has 92 valence electrons. The summed E-state index contributed by atoms with van der Waals surface area (Å²) in [7, 11) is 0. The summed E-state index contributed by atoms with van der Waals surface area (Å²) in [5.74, 6) is 0.123. The summed E-state index contributed by atoms with van der Waals surface area (Å²) >= 11 is 0. The lowest BCUT2D eigenvalue weighted by Crippen LogP contribution is -1.98. The molecule has 1 heterocycles. The van der Waals surface area contributed by atoms with Gasteiger partial charge in [0, 0.05) is 29.1 Å². The van der Waals surface area contributed by atoms with Crippen LogP contribution in [-0.4, -0.2) is 10.8 Å². The molecular weight excluding hydrogens is 224 g/mol. The van der Waals surface area contributed by atoms with Crippen LogP contribution in [0.4, 0.5) is 0 Å². The number of Topliss-reactive ketones (excluding diaryl/α,β-unsaturated/α-hetero) is 1. The molecule has 0 atom stereocenters. The van der Waals surface area contributed by atoms with Crippen LogP contribution in [0.5, 0.6) is 0 Å². The van der Waals surface area contributed by atoms with Gasteiger partial charge in [0.1, 0.15) is 0 Å². The van der Waals surface area contributed by atoms with E-state index in [1.807, 2.05) is 12.1 Å². The third-order valence-electron chi connectivity index (χ3n) is 3.13. The van der Waals surface area contributed by atoms with Gasteiger partial charge in [-0.3, -0.25) is 4.79 Å². The van der Waals surface area contributed by atoms with E-state index in [9.17, 15) is 4.79 Å². The largest absolute Gasteiger partial charge is 0.360 e. The Morgan fingerprint density at radius 2 is 2.22 bits per heavy atom. The molecule has 1 N–H and O–H groups in total. The zero-order valence-electron chi connectivity index (χ0n) is 10.5. The minimum absolute atomic E-state index is 0.123. The molecule has 0 amide bonds. The number of hydrogen-bond donors (Lipinski definition) is 1. The summed E-state index contributed by atoms with van der Waals surface area (Å²) in [6.07, 6.45) is 5.36. The fourth-order valence-corrected chi connectivity index (χ4v) is 2.17. The standard InChI is InChI=1S/C15H16N2O/c1-2-3-4-8-14(18)12-10-17-13-7-5-6-11(9-16)15(12)13/h5-7,10,17H,2-4,8H2,1H3. The predicted octanol–water partition coefficient (Wildman–Crippen LogP) is 3.80. The molecule has 0 unspecified atom stereocenters. The van der Waals surface area contributed by atoms with Crippen molar-refractivity contribution in [3.05, 3.63) is 35.5 Å². The van der Waals surface area contributed by atoms with Crippen LogP contribution in [0.2, 0.25) is 0 Å². The van der Waals surface area contributed by atoms with Gasteiger partial charge in [0.05, 0.1) is 11.6 Å². The highest BCUT2D eigenvalue weighted by molar-refractivity contribution is 6.09. The second kappa shape index (κ2) is 5.50. The number of unbranched alkanes of at least 4 members (excludes halogenated alkanes) is 2. The van der Waals surface area contributed by atoms with Crippen molar-refractivity contribution >= 4 is 16.7 Å². The van der Waals surface area contributed by atoms with Crippen molar-refractivity contribution in [2.75, 3.05) is 0 Å². The Hall–Kier alpha value is -2.08. The van der Waals surface area contributed by atoms with E-state index in [0.29, 0.717) is 17.5 Å². The Morgan fingerprint density at radius 1 is 1.39 bits per heavy atom. The Bertz CT molecular complexity index is 604. The average Bonchev–Trinajstić information content (AvgIpc) is 2.82. The number of aromatic amines is 1. The molecule has 0 aliphatic rings. The predicted molar refractivity (Wildman–Crippen MR) is 71.5 cm³/mol. The Balaban J connectivity index is 2.34. The van der Waals surface area contributed by atoms with Crippen molar-refractivity contribution in [1.82, 2.24) is 4.98 Å². The van der Waals surface area contributed by atoms with Crippen LogP contribution in [-0.2, 0) is 0 Å². The van der Waals surface area contributed by atoms with E-state index in [0.717, 1.165) is 30.2 Å². The van der Waals surface area contributed by atoms with E-state index in [-0.39, 0.29) is 5.78 Å². The minimum atomic E-state index is 0.123. The van der Waals surface area contributed by atoms with Gasteiger partial charge in [-0.1, -0.05) is 25.8 Å². The first-order chi connectivity index (χ1) is 8.77. The number of H-pyrrole nitrogens is 1. The summed E-state index contributed by atoms with van der Waals surface area (Å²) in [6, 6.07) is 7.61. The highest BCUT2D eigenvalue weighted by Gasteiger charge is 2.14. The molecule has 3 heteroatoms. The number of benzene rings is 1. The summed E-state index contributed by atoms with van der Waals surface area (Å²) in [5.41, 5.74) is 2.07. The highest BCUT2D eigenvalue weighted by Crippen LogP contribution is 2.23. The molecule has 0 saturated carbocycles. The van der Waals surface area contributed by atoms with Crippen molar-refractivity contribution in [1.29, 1.82) is 5.26 Å². The van der Waals surface area contributed by atoms with Crippen molar-refractivity contribution in [2.24, 2.45) is 0 Å². The lowest BCUT2D eigenvalue weighted by atomic mass is 10.0. The lowest BCUT2D eigenvalue weighted by molar-refractivity contribution is 0.0981. The number of ketones is 1. The molecular formula is C15H16N2O. The molecule has 2 rings (SSSR count). The van der Waals surface area contributed by atoms with Gasteiger partial charge in [-0.25, -0.2) is 0 Å². The topological polar surface area (TPSA) is 56.6 Å². The third-order valence-corrected chi connectivity index (χ3v) is 3.13. The first kappa shape index (κ1) is 12.4. The second-order valence-electron chi connectivity index (χ2n) is 4.42. The summed E-state index contributed by atoms with van der Waals surface area (Å²) in [6.45, 7) is 2.12. The van der Waals surface area contributed by atoms with Crippen LogP contribution in [0, 0.1) is 11.3 Å². The molecule has 0 spiro atoms. The maximum Gasteiger partial charge on any atom is 0.165 e. The SMILES string of the molecule is CCCCCC(=O)c1c[nH]c2cccc(C#N)c12. The molecule has 0 fully saturated rings. The highest BCUT2D eigenvalue weighted by atomic mass is 16.1. The molecule has 0 aliphatic heterocycles. The zero-order chi connectivity index (χ0) is 13.0. The van der Waals surface area contributed by atoms with Crippen molar-refractivity contribution in [3.63, 3.8) is 0 Å². The van der Waals surface area contributed by atoms with Gasteiger partial charge in [0.25, 0.3) is 0 Å². The number of nitriles is 1. The fourth-order valence-electron chi connectivity index (χ4n) is 2.17. The van der Waals surface area contributed by atoms with E-state index >= 15 is 0 Å². The lowest BCUT2D eigenvalue weighted by Gasteiger charge is -2.00. The molecule has 1 aromatic heterocycles. The molecule has 3 nitrogen and oxygen atoms in total. The van der Waals surface area contributed by atoms with Gasteiger partial charge < -0.3 is 4.98 Å². The monoisotopic (exact) mass is 240 g/mol. The van der Waals surface area contributed by atoms with E-state index < -0.39 is 0 Å². The first-order valence-electron chi connectivity index (χ1n) is 6.31. The van der Waals surface area contributed by atoms with E-state index in [1.165, 1.54) is 0 Å². The summed E-state index contributed by atoms with van der Waals surface area (Å²) in [4.78, 5) is 15.2. The number of rotatable bonds is 5. The van der Waals surface area contributed by atoms with Gasteiger partial charge >= 0.3 is 0 Å². The van der Waals surface area contributed by atoms with Crippen LogP contribution in [0.1, 0.15) is 48.5 Å². The number of nitrogens with zero attached hydrogens (tertiary/aromatic N) is 1. The Kier molecular flexibility index (Phi) is 3.78. The maximum absolute atomic E-state index is 12.1. The molecule has 0 bridgehead atoms. The normalized spacial score (nSPS) is 10.4. The molecule has 0 aliphatic carbocycles. The van der Waals surface area contributed by atoms with Gasteiger partial charge in [-0.15, -0.1) is 0 Å².